The van der Waals surface area contributed by atoms with Crippen LogP contribution in [0.4, 0.5) is 5.69 Å². The van der Waals surface area contributed by atoms with E-state index in [1.165, 1.54) is 0 Å². The minimum absolute atomic E-state index is 0.00312. The number of nitrogens with one attached hydrogen (secondary N) is 1. The van der Waals surface area contributed by atoms with E-state index in [1.807, 2.05) is 32.0 Å². The molecule has 3 rings (SSSR count). The third-order valence-electron chi connectivity index (χ3n) is 2.92. The number of rotatable bonds is 3. The molecule has 3 aromatic rings. The molecule has 0 spiro atoms. The van der Waals surface area contributed by atoms with E-state index in [-0.39, 0.29) is 15.0 Å². The zero-order valence-electron chi connectivity index (χ0n) is 10.1. The standard InChI is InChI=1S/C12H12N4OSe/c1-7-9(8(2)17-14-7)6-13-10-4-3-5-11-12(10)16-18-15-11/h3-5,13H,6H2,1-2H3. The Hall–Kier alpha value is -1.65. The van der Waals surface area contributed by atoms with Crippen LogP contribution in [0.25, 0.3) is 11.0 Å². The predicted molar refractivity (Wildman–Crippen MR) is 69.8 cm³/mol. The first kappa shape index (κ1) is 11.4. The third kappa shape index (κ3) is 1.94. The topological polar surface area (TPSA) is 63.8 Å². The van der Waals surface area contributed by atoms with Crippen molar-refractivity contribution in [2.75, 3.05) is 5.32 Å². The zero-order chi connectivity index (χ0) is 12.5. The molecule has 0 aliphatic rings. The molecule has 6 heteroatoms. The number of benzene rings is 1. The van der Waals surface area contributed by atoms with Crippen LogP contribution >= 0.6 is 0 Å². The van der Waals surface area contributed by atoms with Crippen molar-refractivity contribution in [1.82, 2.24) is 13.1 Å². The van der Waals surface area contributed by atoms with Crippen molar-refractivity contribution < 1.29 is 4.52 Å². The van der Waals surface area contributed by atoms with Crippen molar-refractivity contribution in [2.24, 2.45) is 0 Å². The quantitative estimate of drug-likeness (QED) is 0.749. The summed E-state index contributed by atoms with van der Waals surface area (Å²) in [6.07, 6.45) is 0. The van der Waals surface area contributed by atoms with E-state index in [1.54, 1.807) is 0 Å². The Morgan fingerprint density at radius 3 is 2.94 bits per heavy atom. The molecule has 2 aromatic heterocycles. The van der Waals surface area contributed by atoms with Crippen molar-refractivity contribution in [2.45, 2.75) is 20.4 Å². The number of fused-ring (bicyclic) bond motifs is 1. The average Bonchev–Trinajstić information content (AvgIpc) is 2.95. The summed E-state index contributed by atoms with van der Waals surface area (Å²) < 4.78 is 14.0. The van der Waals surface area contributed by atoms with Gasteiger partial charge in [-0.15, -0.1) is 0 Å². The summed E-state index contributed by atoms with van der Waals surface area (Å²) in [6, 6.07) is 6.01. The maximum atomic E-state index is 5.15. The van der Waals surface area contributed by atoms with Crippen LogP contribution < -0.4 is 5.32 Å². The van der Waals surface area contributed by atoms with Crippen molar-refractivity contribution in [3.63, 3.8) is 0 Å². The van der Waals surface area contributed by atoms with Gasteiger partial charge in [-0.3, -0.25) is 0 Å². The molecular weight excluding hydrogens is 295 g/mol. The van der Waals surface area contributed by atoms with Crippen molar-refractivity contribution >= 4 is 31.7 Å². The Balaban J connectivity index is 1.87. The molecule has 1 N–H and O–H groups in total. The summed E-state index contributed by atoms with van der Waals surface area (Å²) in [5.74, 6) is 0.860. The fourth-order valence-corrected chi connectivity index (χ4v) is 3.04. The van der Waals surface area contributed by atoms with Crippen LogP contribution in [-0.4, -0.2) is 28.1 Å². The van der Waals surface area contributed by atoms with Gasteiger partial charge in [-0.1, -0.05) is 0 Å². The molecule has 0 unspecified atom stereocenters. The van der Waals surface area contributed by atoms with Gasteiger partial charge in [0.1, 0.15) is 0 Å². The molecule has 18 heavy (non-hydrogen) atoms. The predicted octanol–water partition coefficient (Wildman–Crippen LogP) is 1.90. The first-order valence-corrected chi connectivity index (χ1v) is 7.16. The van der Waals surface area contributed by atoms with E-state index >= 15 is 0 Å². The van der Waals surface area contributed by atoms with Crippen molar-refractivity contribution in [3.05, 3.63) is 35.2 Å². The van der Waals surface area contributed by atoms with Crippen LogP contribution in [0.5, 0.6) is 0 Å². The van der Waals surface area contributed by atoms with E-state index in [4.69, 9.17) is 4.52 Å². The molecule has 0 saturated carbocycles. The van der Waals surface area contributed by atoms with Gasteiger partial charge in [0, 0.05) is 0 Å². The summed E-state index contributed by atoms with van der Waals surface area (Å²) in [6.45, 7) is 4.57. The Kier molecular flexibility index (Phi) is 2.89. The number of hydrogen-bond donors (Lipinski definition) is 1. The second kappa shape index (κ2) is 4.55. The van der Waals surface area contributed by atoms with Crippen molar-refractivity contribution in [1.29, 1.82) is 0 Å². The molecule has 5 nitrogen and oxygen atoms in total. The van der Waals surface area contributed by atoms with E-state index in [2.05, 4.69) is 18.4 Å². The average molecular weight is 307 g/mol. The fourth-order valence-electron chi connectivity index (χ4n) is 1.89. The molecule has 0 fully saturated rings. The number of aryl methyl sites for hydroxylation is 2. The van der Waals surface area contributed by atoms with Gasteiger partial charge in [0.05, 0.1) is 0 Å². The zero-order valence-corrected chi connectivity index (χ0v) is 11.8. The summed E-state index contributed by atoms with van der Waals surface area (Å²) in [7, 11) is 0. The second-order valence-corrected chi connectivity index (χ2v) is 5.20. The Morgan fingerprint density at radius 2 is 2.17 bits per heavy atom. The van der Waals surface area contributed by atoms with Crippen LogP contribution in [0.1, 0.15) is 17.0 Å². The number of nitrogens with zero attached hydrogens (tertiary/aromatic N) is 3. The molecule has 0 aliphatic carbocycles. The van der Waals surface area contributed by atoms with Gasteiger partial charge in [-0.2, -0.15) is 0 Å². The van der Waals surface area contributed by atoms with Gasteiger partial charge in [-0.25, -0.2) is 0 Å². The first-order valence-electron chi connectivity index (χ1n) is 5.62. The Labute approximate surface area is 110 Å². The molecule has 0 bridgehead atoms. The third-order valence-corrected chi connectivity index (χ3v) is 4.06. The van der Waals surface area contributed by atoms with Crippen molar-refractivity contribution in [3.8, 4) is 0 Å². The van der Waals surface area contributed by atoms with Gasteiger partial charge in [0.25, 0.3) is 0 Å². The van der Waals surface area contributed by atoms with Crippen LogP contribution in [0, 0.1) is 13.8 Å². The molecule has 0 aliphatic heterocycles. The Morgan fingerprint density at radius 1 is 1.28 bits per heavy atom. The number of anilines is 1. The van der Waals surface area contributed by atoms with Crippen LogP contribution in [0.2, 0.25) is 0 Å². The summed E-state index contributed by atoms with van der Waals surface area (Å²) in [5, 5.41) is 7.33. The SMILES string of the molecule is Cc1noc(C)c1CNc1cccc2n[se]nc12. The number of hydrogen-bond acceptors (Lipinski definition) is 5. The van der Waals surface area contributed by atoms with Crippen LogP contribution in [-0.2, 0) is 6.54 Å². The van der Waals surface area contributed by atoms with E-state index in [0.717, 1.165) is 33.7 Å². The molecule has 2 heterocycles. The first-order chi connectivity index (χ1) is 8.75. The van der Waals surface area contributed by atoms with Gasteiger partial charge in [-0.05, 0) is 0 Å². The van der Waals surface area contributed by atoms with Gasteiger partial charge in [0.15, 0.2) is 0 Å². The normalized spacial score (nSPS) is 11.0. The molecule has 92 valence electrons. The fraction of sp³-hybridized carbons (Fsp3) is 0.250. The monoisotopic (exact) mass is 308 g/mol. The summed E-state index contributed by atoms with van der Waals surface area (Å²) in [5.41, 5.74) is 5.02. The molecular formula is C12H12N4OSe. The molecule has 0 radical (unpaired) electrons. The molecule has 1 aromatic carbocycles. The minimum atomic E-state index is 0.00312. The molecule has 0 amide bonds. The van der Waals surface area contributed by atoms with E-state index in [0.29, 0.717) is 6.54 Å². The molecule has 0 saturated heterocycles. The van der Waals surface area contributed by atoms with Crippen LogP contribution in [0.15, 0.2) is 22.7 Å². The summed E-state index contributed by atoms with van der Waals surface area (Å²) >= 11 is 0.00312. The van der Waals surface area contributed by atoms with Gasteiger partial charge >= 0.3 is 110 Å². The Bertz CT molecular complexity index is 669. The second-order valence-electron chi connectivity index (χ2n) is 4.09. The van der Waals surface area contributed by atoms with Gasteiger partial charge in [0.2, 0.25) is 0 Å². The van der Waals surface area contributed by atoms with Crippen LogP contribution in [0.3, 0.4) is 0 Å². The molecule has 0 atom stereocenters. The van der Waals surface area contributed by atoms with E-state index < -0.39 is 0 Å². The maximum absolute atomic E-state index is 5.15. The van der Waals surface area contributed by atoms with Gasteiger partial charge < -0.3 is 0 Å². The van der Waals surface area contributed by atoms with E-state index in [9.17, 15) is 0 Å². The summed E-state index contributed by atoms with van der Waals surface area (Å²) in [4.78, 5) is 0. The number of aromatic nitrogens is 3.